The molecule has 2 aromatic carbocycles. The summed E-state index contributed by atoms with van der Waals surface area (Å²) < 4.78 is 23.7. The third kappa shape index (κ3) is 5.80. The van der Waals surface area contributed by atoms with E-state index in [1.165, 1.54) is 48.8 Å². The molecule has 0 spiro atoms. The van der Waals surface area contributed by atoms with Gasteiger partial charge >= 0.3 is 5.97 Å². The highest BCUT2D eigenvalue weighted by atomic mass is 32.1. The van der Waals surface area contributed by atoms with Crippen LogP contribution >= 0.6 is 11.3 Å². The molecular weight excluding hydrogens is 473 g/mol. The lowest BCUT2D eigenvalue weighted by atomic mass is 10.1. The molecule has 1 aromatic heterocycles. The molecule has 3 aromatic rings. The van der Waals surface area contributed by atoms with Crippen LogP contribution in [0.2, 0.25) is 0 Å². The monoisotopic (exact) mass is 493 g/mol. The normalized spacial score (nSPS) is 13.3. The van der Waals surface area contributed by atoms with Crippen molar-refractivity contribution in [2.45, 2.75) is 12.8 Å². The van der Waals surface area contributed by atoms with E-state index in [4.69, 9.17) is 9.47 Å². The van der Waals surface area contributed by atoms with Gasteiger partial charge < -0.3 is 14.4 Å². The summed E-state index contributed by atoms with van der Waals surface area (Å²) in [6, 6.07) is 11.4. The fraction of sp³-hybridized carbons (Fsp3) is 0.208. The van der Waals surface area contributed by atoms with Crippen LogP contribution in [0.3, 0.4) is 0 Å². The zero-order chi connectivity index (χ0) is 24.8. The van der Waals surface area contributed by atoms with E-state index in [-0.39, 0.29) is 22.6 Å². The zero-order valence-corrected chi connectivity index (χ0v) is 19.5. The molecule has 2 heterocycles. The van der Waals surface area contributed by atoms with Crippen molar-refractivity contribution in [1.82, 2.24) is 10.2 Å². The minimum atomic E-state index is -0.686. The van der Waals surface area contributed by atoms with Crippen molar-refractivity contribution in [3.8, 4) is 17.6 Å². The van der Waals surface area contributed by atoms with Gasteiger partial charge in [-0.25, -0.2) is 9.18 Å². The lowest BCUT2D eigenvalue weighted by Crippen LogP contribution is -2.17. The maximum atomic E-state index is 13.1. The number of rotatable bonds is 7. The summed E-state index contributed by atoms with van der Waals surface area (Å²) in [4.78, 5) is 27.1. The summed E-state index contributed by atoms with van der Waals surface area (Å²) in [5, 5.41) is 21.2. The number of amides is 1. The fourth-order valence-corrected chi connectivity index (χ4v) is 4.18. The van der Waals surface area contributed by atoms with Crippen molar-refractivity contribution >= 4 is 39.6 Å². The summed E-state index contributed by atoms with van der Waals surface area (Å²) >= 11 is 1.25. The molecule has 178 valence electrons. The van der Waals surface area contributed by atoms with Crippen LogP contribution in [0, 0.1) is 17.1 Å². The summed E-state index contributed by atoms with van der Waals surface area (Å²) in [5.41, 5.74) is 0.497. The molecular formula is C24H20FN5O4S. The molecule has 9 nitrogen and oxygen atoms in total. The Morgan fingerprint density at radius 1 is 1.14 bits per heavy atom. The Kier molecular flexibility index (Phi) is 7.32. The molecule has 0 saturated carbocycles. The van der Waals surface area contributed by atoms with Crippen LogP contribution in [-0.2, 0) is 4.79 Å². The molecule has 35 heavy (non-hydrogen) atoms. The van der Waals surface area contributed by atoms with Crippen LogP contribution in [0.4, 0.5) is 14.7 Å². The second kappa shape index (κ2) is 10.8. The van der Waals surface area contributed by atoms with E-state index in [0.717, 1.165) is 43.2 Å². The van der Waals surface area contributed by atoms with Crippen molar-refractivity contribution in [3.05, 3.63) is 65.0 Å². The van der Waals surface area contributed by atoms with Crippen molar-refractivity contribution in [2.24, 2.45) is 0 Å². The molecule has 0 bridgehead atoms. The first kappa shape index (κ1) is 23.8. The Balaban J connectivity index is 1.47. The van der Waals surface area contributed by atoms with Crippen molar-refractivity contribution in [2.75, 3.05) is 30.4 Å². The predicted molar refractivity (Wildman–Crippen MR) is 128 cm³/mol. The smallest absolute Gasteiger partial charge is 0.343 e. The number of methoxy groups -OCH3 is 1. The maximum absolute atomic E-state index is 13.1. The van der Waals surface area contributed by atoms with Gasteiger partial charge in [-0.2, -0.15) is 5.26 Å². The summed E-state index contributed by atoms with van der Waals surface area (Å²) in [6.45, 7) is 1.81. The number of nitrogens with zero attached hydrogens (tertiary/aromatic N) is 4. The van der Waals surface area contributed by atoms with Crippen LogP contribution in [0.1, 0.15) is 28.8 Å². The van der Waals surface area contributed by atoms with Gasteiger partial charge in [-0.05, 0) is 60.9 Å². The van der Waals surface area contributed by atoms with Gasteiger partial charge in [0.1, 0.15) is 17.5 Å². The highest BCUT2D eigenvalue weighted by Crippen LogP contribution is 2.30. The lowest BCUT2D eigenvalue weighted by molar-refractivity contribution is -0.112. The summed E-state index contributed by atoms with van der Waals surface area (Å²) in [6.07, 6.45) is 3.57. The first-order chi connectivity index (χ1) is 17.0. The standard InChI is InChI=1S/C24H20FN5O4S/c1-33-20-13-15(4-9-19(20)34-22(32)16-5-7-18(25)8-6-16)12-17(14-26)21(31)27-23-28-29-24(35-23)30-10-2-3-11-30/h4-9,12-13H,2-3,10-11H2,1H3,(H,27,28,31)/b17-12-. The molecule has 0 atom stereocenters. The van der Waals surface area contributed by atoms with Crippen LogP contribution in [0.25, 0.3) is 6.08 Å². The number of esters is 1. The Hall–Kier alpha value is -4.30. The number of nitriles is 1. The molecule has 11 heteroatoms. The average molecular weight is 494 g/mol. The molecule has 1 aliphatic heterocycles. The molecule has 0 aliphatic carbocycles. The minimum Gasteiger partial charge on any atom is -0.493 e. The number of hydrogen-bond acceptors (Lipinski definition) is 9. The number of hydrogen-bond donors (Lipinski definition) is 1. The minimum absolute atomic E-state index is 0.130. The van der Waals surface area contributed by atoms with Crippen LogP contribution in [0.15, 0.2) is 48.0 Å². The van der Waals surface area contributed by atoms with E-state index in [1.807, 2.05) is 6.07 Å². The zero-order valence-electron chi connectivity index (χ0n) is 18.7. The van der Waals surface area contributed by atoms with Gasteiger partial charge in [-0.1, -0.05) is 17.4 Å². The second-order valence-electron chi connectivity index (χ2n) is 7.51. The van der Waals surface area contributed by atoms with Crippen molar-refractivity contribution < 1.29 is 23.5 Å². The largest absolute Gasteiger partial charge is 0.493 e. The van der Waals surface area contributed by atoms with Gasteiger partial charge in [-0.3, -0.25) is 10.1 Å². The molecule has 1 fully saturated rings. The number of nitrogens with one attached hydrogen (secondary N) is 1. The van der Waals surface area contributed by atoms with Gasteiger partial charge in [0.25, 0.3) is 5.91 Å². The van der Waals surface area contributed by atoms with Crippen LogP contribution in [-0.4, -0.2) is 42.3 Å². The van der Waals surface area contributed by atoms with E-state index in [9.17, 15) is 19.2 Å². The maximum Gasteiger partial charge on any atom is 0.343 e. The van der Waals surface area contributed by atoms with Crippen LogP contribution in [0.5, 0.6) is 11.5 Å². The highest BCUT2D eigenvalue weighted by Gasteiger charge is 2.19. The van der Waals surface area contributed by atoms with Gasteiger partial charge in [0, 0.05) is 13.1 Å². The quantitative estimate of drug-likeness (QED) is 0.227. The molecule has 0 radical (unpaired) electrons. The predicted octanol–water partition coefficient (Wildman–Crippen LogP) is 4.05. The fourth-order valence-electron chi connectivity index (χ4n) is 3.38. The molecule has 1 amide bonds. The van der Waals surface area contributed by atoms with E-state index < -0.39 is 17.7 Å². The molecule has 1 saturated heterocycles. The number of carbonyl (C=O) groups excluding carboxylic acids is 2. The summed E-state index contributed by atoms with van der Waals surface area (Å²) in [5.74, 6) is -1.43. The van der Waals surface area contributed by atoms with Gasteiger partial charge in [0.2, 0.25) is 10.3 Å². The third-order valence-corrected chi connectivity index (χ3v) is 6.06. The van der Waals surface area contributed by atoms with Crippen molar-refractivity contribution in [1.29, 1.82) is 5.26 Å². The Morgan fingerprint density at radius 2 is 1.89 bits per heavy atom. The Labute approximate surface area is 204 Å². The molecule has 4 rings (SSSR count). The first-order valence-electron chi connectivity index (χ1n) is 10.6. The molecule has 1 aliphatic rings. The topological polar surface area (TPSA) is 117 Å². The number of halogens is 1. The number of aromatic nitrogens is 2. The SMILES string of the molecule is COc1cc(/C=C(/C#N)C(=O)Nc2nnc(N3CCCC3)s2)ccc1OC(=O)c1ccc(F)cc1. The van der Waals surface area contributed by atoms with E-state index in [0.29, 0.717) is 10.7 Å². The van der Waals surface area contributed by atoms with Crippen molar-refractivity contribution in [3.63, 3.8) is 0 Å². The van der Waals surface area contributed by atoms with Crippen LogP contribution < -0.4 is 19.7 Å². The van der Waals surface area contributed by atoms with Gasteiger partial charge in [-0.15, -0.1) is 10.2 Å². The van der Waals surface area contributed by atoms with Gasteiger partial charge in [0.05, 0.1) is 12.7 Å². The molecule has 1 N–H and O–H groups in total. The average Bonchev–Trinajstić information content (AvgIpc) is 3.56. The van der Waals surface area contributed by atoms with E-state index in [1.54, 1.807) is 6.07 Å². The van der Waals surface area contributed by atoms with Gasteiger partial charge in [0.15, 0.2) is 11.5 Å². The second-order valence-corrected chi connectivity index (χ2v) is 8.47. The Bertz CT molecular complexity index is 1310. The number of benzene rings is 2. The lowest BCUT2D eigenvalue weighted by Gasteiger charge is -2.11. The molecule has 0 unspecified atom stereocenters. The number of anilines is 2. The summed E-state index contributed by atoms with van der Waals surface area (Å²) in [7, 11) is 1.39. The first-order valence-corrected chi connectivity index (χ1v) is 11.5. The van der Waals surface area contributed by atoms with E-state index in [2.05, 4.69) is 20.4 Å². The Morgan fingerprint density at radius 3 is 2.57 bits per heavy atom. The number of carbonyl (C=O) groups is 2. The third-order valence-electron chi connectivity index (χ3n) is 5.16. The number of ether oxygens (including phenoxy) is 2. The highest BCUT2D eigenvalue weighted by molar-refractivity contribution is 7.19. The van der Waals surface area contributed by atoms with E-state index >= 15 is 0 Å².